The minimum absolute atomic E-state index is 0.289. The van der Waals surface area contributed by atoms with Crippen LogP contribution in [0.3, 0.4) is 0 Å². The molecule has 0 spiro atoms. The van der Waals surface area contributed by atoms with Gasteiger partial charge in [-0.05, 0) is 24.8 Å². The molecule has 114 valence electrons. The van der Waals surface area contributed by atoms with Gasteiger partial charge >= 0.3 is 12.0 Å². The van der Waals surface area contributed by atoms with E-state index in [4.69, 9.17) is 9.47 Å². The van der Waals surface area contributed by atoms with E-state index in [1.165, 1.54) is 4.88 Å². The lowest BCUT2D eigenvalue weighted by Crippen LogP contribution is -2.10. The smallest absolute Gasteiger partial charge is 0.324 e. The van der Waals surface area contributed by atoms with Crippen molar-refractivity contribution in [3.8, 4) is 12.0 Å². The number of anilines is 1. The predicted molar refractivity (Wildman–Crippen MR) is 83.3 cm³/mol. The van der Waals surface area contributed by atoms with Crippen LogP contribution in [0.5, 0.6) is 12.0 Å². The molecule has 0 aliphatic carbocycles. The van der Waals surface area contributed by atoms with Crippen molar-refractivity contribution in [2.75, 3.05) is 25.1 Å². The first-order valence-electron chi connectivity index (χ1n) is 7.09. The van der Waals surface area contributed by atoms with Crippen molar-refractivity contribution in [2.24, 2.45) is 0 Å². The van der Waals surface area contributed by atoms with Crippen molar-refractivity contribution >= 4 is 17.3 Å². The Labute approximate surface area is 128 Å². The summed E-state index contributed by atoms with van der Waals surface area (Å²) in [6, 6.07) is 4.70. The SMILES string of the molecule is CCCNc1nc(OCC)nc(OCCc2cccs2)n1. The van der Waals surface area contributed by atoms with Crippen LogP contribution in [0.25, 0.3) is 0 Å². The summed E-state index contributed by atoms with van der Waals surface area (Å²) in [5.41, 5.74) is 0. The van der Waals surface area contributed by atoms with Gasteiger partial charge in [0.15, 0.2) is 0 Å². The van der Waals surface area contributed by atoms with Gasteiger partial charge in [0.25, 0.3) is 0 Å². The number of hydrogen-bond acceptors (Lipinski definition) is 7. The predicted octanol–water partition coefficient (Wildman–Crippen LogP) is 2.78. The summed E-state index contributed by atoms with van der Waals surface area (Å²) in [7, 11) is 0. The molecule has 6 nitrogen and oxygen atoms in total. The maximum Gasteiger partial charge on any atom is 0.324 e. The van der Waals surface area contributed by atoms with Crippen LogP contribution in [0.1, 0.15) is 25.1 Å². The molecule has 1 N–H and O–H groups in total. The quantitative estimate of drug-likeness (QED) is 0.768. The van der Waals surface area contributed by atoms with E-state index >= 15 is 0 Å². The van der Waals surface area contributed by atoms with Gasteiger partial charge < -0.3 is 14.8 Å². The Morgan fingerprint density at radius 1 is 1.14 bits per heavy atom. The summed E-state index contributed by atoms with van der Waals surface area (Å²) in [4.78, 5) is 13.8. The molecule has 0 fully saturated rings. The molecule has 0 saturated carbocycles. The Morgan fingerprint density at radius 3 is 2.62 bits per heavy atom. The van der Waals surface area contributed by atoms with Crippen LogP contribution in [0.2, 0.25) is 0 Å². The van der Waals surface area contributed by atoms with Gasteiger partial charge in [-0.3, -0.25) is 0 Å². The first kappa shape index (κ1) is 15.5. The van der Waals surface area contributed by atoms with E-state index in [1.54, 1.807) is 11.3 Å². The second-order valence-electron chi connectivity index (χ2n) is 4.26. The highest BCUT2D eigenvalue weighted by Crippen LogP contribution is 2.14. The van der Waals surface area contributed by atoms with Crippen LogP contribution >= 0.6 is 11.3 Å². The number of thiophene rings is 1. The van der Waals surface area contributed by atoms with E-state index in [-0.39, 0.29) is 6.01 Å². The fourth-order valence-electron chi connectivity index (χ4n) is 1.61. The number of rotatable bonds is 9. The zero-order valence-corrected chi connectivity index (χ0v) is 13.2. The molecule has 0 saturated heterocycles. The molecule has 0 aliphatic heterocycles. The fraction of sp³-hybridized carbons (Fsp3) is 0.500. The molecule has 2 heterocycles. The second-order valence-corrected chi connectivity index (χ2v) is 5.29. The Kier molecular flexibility index (Phi) is 6.21. The van der Waals surface area contributed by atoms with Gasteiger partial charge in [-0.1, -0.05) is 13.0 Å². The third-order valence-electron chi connectivity index (χ3n) is 2.56. The van der Waals surface area contributed by atoms with Crippen molar-refractivity contribution in [1.82, 2.24) is 15.0 Å². The minimum Gasteiger partial charge on any atom is -0.464 e. The topological polar surface area (TPSA) is 69.2 Å². The van der Waals surface area contributed by atoms with Gasteiger partial charge in [-0.2, -0.15) is 9.97 Å². The average molecular weight is 308 g/mol. The summed E-state index contributed by atoms with van der Waals surface area (Å²) in [5, 5.41) is 5.17. The highest BCUT2D eigenvalue weighted by molar-refractivity contribution is 7.09. The molecule has 0 atom stereocenters. The molecule has 0 bridgehead atoms. The summed E-state index contributed by atoms with van der Waals surface area (Å²) in [6.45, 7) is 5.80. The molecule has 2 rings (SSSR count). The molecular weight excluding hydrogens is 288 g/mol. The van der Waals surface area contributed by atoms with E-state index in [9.17, 15) is 0 Å². The summed E-state index contributed by atoms with van der Waals surface area (Å²) < 4.78 is 11.0. The largest absolute Gasteiger partial charge is 0.464 e. The van der Waals surface area contributed by atoms with Crippen molar-refractivity contribution in [3.05, 3.63) is 22.4 Å². The van der Waals surface area contributed by atoms with Gasteiger partial charge in [0, 0.05) is 17.8 Å². The third-order valence-corrected chi connectivity index (χ3v) is 3.50. The molecule has 2 aromatic heterocycles. The van der Waals surface area contributed by atoms with Crippen LogP contribution in [-0.2, 0) is 6.42 Å². The molecule has 7 heteroatoms. The Balaban J connectivity index is 1.97. The Morgan fingerprint density at radius 2 is 1.95 bits per heavy atom. The number of nitrogens with zero attached hydrogens (tertiary/aromatic N) is 3. The standard InChI is InChI=1S/C14H20N4O2S/c1-3-8-15-12-16-13(19-4-2)18-14(17-12)20-9-7-11-6-5-10-21-11/h5-6,10H,3-4,7-9H2,1-2H3,(H,15,16,17,18). The van der Waals surface area contributed by atoms with E-state index < -0.39 is 0 Å². The van der Waals surface area contributed by atoms with E-state index in [1.807, 2.05) is 13.0 Å². The van der Waals surface area contributed by atoms with Gasteiger partial charge in [0.05, 0.1) is 13.2 Å². The highest BCUT2D eigenvalue weighted by atomic mass is 32.1. The molecular formula is C14H20N4O2S. The highest BCUT2D eigenvalue weighted by Gasteiger charge is 2.08. The van der Waals surface area contributed by atoms with E-state index in [2.05, 4.69) is 38.6 Å². The van der Waals surface area contributed by atoms with Gasteiger partial charge in [0.2, 0.25) is 5.95 Å². The van der Waals surface area contributed by atoms with Gasteiger partial charge in [0.1, 0.15) is 0 Å². The lowest BCUT2D eigenvalue weighted by atomic mass is 10.4. The van der Waals surface area contributed by atoms with Crippen molar-refractivity contribution < 1.29 is 9.47 Å². The number of aromatic nitrogens is 3. The molecule has 2 aromatic rings. The lowest BCUT2D eigenvalue weighted by molar-refractivity contribution is 0.272. The van der Waals surface area contributed by atoms with Crippen LogP contribution in [0.15, 0.2) is 17.5 Å². The minimum atomic E-state index is 0.289. The zero-order chi connectivity index (χ0) is 14.9. The maximum atomic E-state index is 5.61. The Bertz CT molecular complexity index is 534. The molecule has 0 aromatic carbocycles. The molecule has 0 aliphatic rings. The van der Waals surface area contributed by atoms with Crippen LogP contribution in [0.4, 0.5) is 5.95 Å². The van der Waals surface area contributed by atoms with Crippen molar-refractivity contribution in [1.29, 1.82) is 0 Å². The molecule has 0 unspecified atom stereocenters. The lowest BCUT2D eigenvalue weighted by Gasteiger charge is -2.09. The van der Waals surface area contributed by atoms with Crippen molar-refractivity contribution in [2.45, 2.75) is 26.7 Å². The first-order chi connectivity index (χ1) is 10.3. The molecule has 0 radical (unpaired) electrons. The Hall–Kier alpha value is -1.89. The maximum absolute atomic E-state index is 5.61. The van der Waals surface area contributed by atoms with Crippen molar-refractivity contribution in [3.63, 3.8) is 0 Å². The normalized spacial score (nSPS) is 10.4. The average Bonchev–Trinajstić information content (AvgIpc) is 2.99. The zero-order valence-electron chi connectivity index (χ0n) is 12.3. The molecule has 0 amide bonds. The summed E-state index contributed by atoms with van der Waals surface area (Å²) >= 11 is 1.71. The van der Waals surface area contributed by atoms with Crippen LogP contribution in [-0.4, -0.2) is 34.7 Å². The second kappa shape index (κ2) is 8.41. The first-order valence-corrected chi connectivity index (χ1v) is 7.97. The van der Waals surface area contributed by atoms with Gasteiger partial charge in [-0.25, -0.2) is 0 Å². The summed E-state index contributed by atoms with van der Waals surface area (Å²) in [5.74, 6) is 0.487. The van der Waals surface area contributed by atoms with Crippen LogP contribution < -0.4 is 14.8 Å². The van der Waals surface area contributed by atoms with Crippen LogP contribution in [0, 0.1) is 0 Å². The number of hydrogen-bond donors (Lipinski definition) is 1. The van der Waals surface area contributed by atoms with E-state index in [0.29, 0.717) is 25.2 Å². The van der Waals surface area contributed by atoms with E-state index in [0.717, 1.165) is 19.4 Å². The fourth-order valence-corrected chi connectivity index (χ4v) is 2.30. The third kappa shape index (κ3) is 5.18. The monoisotopic (exact) mass is 308 g/mol. The van der Waals surface area contributed by atoms with Gasteiger partial charge in [-0.15, -0.1) is 16.3 Å². The molecule has 21 heavy (non-hydrogen) atoms. The number of ether oxygens (including phenoxy) is 2. The summed E-state index contributed by atoms with van der Waals surface area (Å²) in [6.07, 6.45) is 1.83. The number of nitrogens with one attached hydrogen (secondary N) is 1.